The van der Waals surface area contributed by atoms with E-state index >= 15 is 0 Å². The Hall–Kier alpha value is -0.770. The van der Waals surface area contributed by atoms with Crippen LogP contribution in [0, 0.1) is 0 Å². The van der Waals surface area contributed by atoms with E-state index in [2.05, 4.69) is 0 Å². The molecule has 0 fully saturated rings. The van der Waals surface area contributed by atoms with E-state index in [4.69, 9.17) is 34.6 Å². The van der Waals surface area contributed by atoms with Crippen molar-refractivity contribution >= 4 is 5.97 Å². The molecule has 0 unspecified atom stereocenters. The fourth-order valence-electron chi connectivity index (χ4n) is 0.850. The van der Waals surface area contributed by atoms with Crippen molar-refractivity contribution in [2.75, 3.05) is 39.6 Å². The van der Waals surface area contributed by atoms with Crippen LogP contribution in [0.2, 0.25) is 0 Å². The molecule has 0 heterocycles. The van der Waals surface area contributed by atoms with Gasteiger partial charge in [0, 0.05) is 0 Å². The lowest BCUT2D eigenvalue weighted by Crippen LogP contribution is -2.48. The van der Waals surface area contributed by atoms with Gasteiger partial charge in [0.1, 0.15) is 0 Å². The number of hydrogen-bond donors (Lipinski definition) is 4. The van der Waals surface area contributed by atoms with Gasteiger partial charge in [-0.25, -0.2) is 4.79 Å². The second kappa shape index (κ2) is 8.39. The molecule has 0 saturated heterocycles. The third-order valence-electron chi connectivity index (χ3n) is 1.41. The molecule has 0 saturated carbocycles. The zero-order valence-electron chi connectivity index (χ0n) is 8.66. The summed E-state index contributed by atoms with van der Waals surface area (Å²) >= 11 is 0. The number of carbonyl (C=O) groups is 1. The van der Waals surface area contributed by atoms with Crippen LogP contribution in [0.15, 0.2) is 0 Å². The van der Waals surface area contributed by atoms with E-state index in [1.807, 2.05) is 0 Å². The topological polar surface area (TPSA) is 126 Å². The lowest BCUT2D eigenvalue weighted by Gasteiger charge is -2.28. The van der Waals surface area contributed by atoms with Crippen LogP contribution in [0.3, 0.4) is 0 Å². The standard InChI is InChI=1S/C8H16O8/c9-1-4-14-8(7(12)13,15-5-2-10)16-6-3-11/h9-11H,1-6H2,(H,12,13). The van der Waals surface area contributed by atoms with E-state index in [1.54, 1.807) is 0 Å². The molecule has 0 aliphatic carbocycles. The number of aliphatic carboxylic acids is 1. The van der Waals surface area contributed by atoms with Gasteiger partial charge in [-0.3, -0.25) is 0 Å². The van der Waals surface area contributed by atoms with Gasteiger partial charge < -0.3 is 34.6 Å². The van der Waals surface area contributed by atoms with Crippen LogP contribution in [-0.2, 0) is 19.0 Å². The van der Waals surface area contributed by atoms with Crippen LogP contribution in [0.1, 0.15) is 0 Å². The molecule has 4 N–H and O–H groups in total. The number of carboxylic acid groups (broad SMARTS) is 1. The Morgan fingerprint density at radius 1 is 0.875 bits per heavy atom. The van der Waals surface area contributed by atoms with Crippen LogP contribution in [-0.4, -0.2) is 72.0 Å². The van der Waals surface area contributed by atoms with Crippen LogP contribution in [0.5, 0.6) is 0 Å². The van der Waals surface area contributed by atoms with Gasteiger partial charge in [0.15, 0.2) is 0 Å². The molecule has 0 rings (SSSR count). The number of carboxylic acids is 1. The molecule has 8 nitrogen and oxygen atoms in total. The Morgan fingerprint density at radius 2 is 1.19 bits per heavy atom. The lowest BCUT2D eigenvalue weighted by molar-refractivity contribution is -0.365. The van der Waals surface area contributed by atoms with Gasteiger partial charge >= 0.3 is 11.9 Å². The van der Waals surface area contributed by atoms with E-state index in [0.717, 1.165) is 0 Å². The summed E-state index contributed by atoms with van der Waals surface area (Å²) in [5.41, 5.74) is 0. The van der Waals surface area contributed by atoms with Gasteiger partial charge in [-0.15, -0.1) is 0 Å². The molecule has 0 radical (unpaired) electrons. The third-order valence-corrected chi connectivity index (χ3v) is 1.41. The first-order valence-corrected chi connectivity index (χ1v) is 4.60. The van der Waals surface area contributed by atoms with Gasteiger partial charge in [0.2, 0.25) is 0 Å². The minimum absolute atomic E-state index is 0.316. The van der Waals surface area contributed by atoms with Crippen molar-refractivity contribution < 1.29 is 39.4 Å². The second-order valence-corrected chi connectivity index (χ2v) is 2.58. The maximum Gasteiger partial charge on any atom is 0.395 e. The van der Waals surface area contributed by atoms with Crippen molar-refractivity contribution in [1.82, 2.24) is 0 Å². The number of ether oxygens (including phenoxy) is 3. The van der Waals surface area contributed by atoms with Gasteiger partial charge in [-0.1, -0.05) is 0 Å². The second-order valence-electron chi connectivity index (χ2n) is 2.58. The van der Waals surface area contributed by atoms with E-state index in [1.165, 1.54) is 0 Å². The molecule has 0 aromatic heterocycles. The summed E-state index contributed by atoms with van der Waals surface area (Å²) in [6, 6.07) is 0. The monoisotopic (exact) mass is 240 g/mol. The molecular weight excluding hydrogens is 224 g/mol. The predicted molar refractivity (Wildman–Crippen MR) is 49.5 cm³/mol. The highest BCUT2D eigenvalue weighted by Crippen LogP contribution is 2.15. The Bertz CT molecular complexity index is 173. The van der Waals surface area contributed by atoms with Gasteiger partial charge in [-0.2, -0.15) is 0 Å². The van der Waals surface area contributed by atoms with E-state index < -0.39 is 31.8 Å². The molecule has 0 atom stereocenters. The molecule has 0 bridgehead atoms. The van der Waals surface area contributed by atoms with Crippen LogP contribution < -0.4 is 0 Å². The van der Waals surface area contributed by atoms with E-state index in [0.29, 0.717) is 0 Å². The SMILES string of the molecule is O=C(O)C(OCCO)(OCCO)OCCO. The molecule has 0 spiro atoms. The number of aliphatic hydroxyl groups is 3. The first-order chi connectivity index (χ1) is 7.63. The van der Waals surface area contributed by atoms with Gasteiger partial charge in [0.25, 0.3) is 0 Å². The quantitative estimate of drug-likeness (QED) is 0.315. The summed E-state index contributed by atoms with van der Waals surface area (Å²) in [6.07, 6.45) is 0. The zero-order valence-corrected chi connectivity index (χ0v) is 8.66. The summed E-state index contributed by atoms with van der Waals surface area (Å²) in [7, 11) is 0. The molecular formula is C8H16O8. The Labute approximate surface area is 92.0 Å². The average Bonchev–Trinajstić information content (AvgIpc) is 2.28. The first-order valence-electron chi connectivity index (χ1n) is 4.60. The Kier molecular flexibility index (Phi) is 7.99. The largest absolute Gasteiger partial charge is 0.475 e. The molecule has 0 aliphatic rings. The maximum absolute atomic E-state index is 10.9. The first kappa shape index (κ1) is 15.2. The normalized spacial score (nSPS) is 11.7. The lowest BCUT2D eigenvalue weighted by atomic mass is 10.5. The smallest absolute Gasteiger partial charge is 0.395 e. The van der Waals surface area contributed by atoms with Gasteiger partial charge in [0.05, 0.1) is 39.6 Å². The molecule has 8 heteroatoms. The zero-order chi connectivity index (χ0) is 12.4. The summed E-state index contributed by atoms with van der Waals surface area (Å²) in [5.74, 6) is -3.98. The predicted octanol–water partition coefficient (Wildman–Crippen LogP) is -2.25. The fourth-order valence-corrected chi connectivity index (χ4v) is 0.850. The van der Waals surface area contributed by atoms with Crippen LogP contribution in [0.25, 0.3) is 0 Å². The van der Waals surface area contributed by atoms with E-state index in [-0.39, 0.29) is 19.8 Å². The number of rotatable bonds is 10. The minimum atomic E-state index is -2.41. The summed E-state index contributed by atoms with van der Waals surface area (Å²) in [5, 5.41) is 34.5. The fraction of sp³-hybridized carbons (Fsp3) is 0.875. The number of hydrogen-bond acceptors (Lipinski definition) is 7. The summed E-state index contributed by atoms with van der Waals surface area (Å²) in [4.78, 5) is 10.9. The highest BCUT2D eigenvalue weighted by Gasteiger charge is 2.43. The third kappa shape index (κ3) is 4.84. The highest BCUT2D eigenvalue weighted by molar-refractivity contribution is 5.73. The van der Waals surface area contributed by atoms with Crippen molar-refractivity contribution in [2.45, 2.75) is 5.97 Å². The van der Waals surface area contributed by atoms with Crippen molar-refractivity contribution in [1.29, 1.82) is 0 Å². The maximum atomic E-state index is 10.9. The van der Waals surface area contributed by atoms with Crippen LogP contribution in [0.4, 0.5) is 0 Å². The minimum Gasteiger partial charge on any atom is -0.475 e. The Balaban J connectivity index is 4.52. The van der Waals surface area contributed by atoms with Gasteiger partial charge in [-0.05, 0) is 0 Å². The number of aliphatic hydroxyl groups excluding tert-OH is 3. The molecule has 96 valence electrons. The summed E-state index contributed by atoms with van der Waals surface area (Å²) in [6.45, 7) is -2.20. The van der Waals surface area contributed by atoms with E-state index in [9.17, 15) is 4.79 Å². The molecule has 0 aromatic carbocycles. The summed E-state index contributed by atoms with van der Waals surface area (Å²) < 4.78 is 14.2. The van der Waals surface area contributed by atoms with Crippen molar-refractivity contribution in [3.8, 4) is 0 Å². The molecule has 0 aliphatic heterocycles. The van der Waals surface area contributed by atoms with Crippen molar-refractivity contribution in [2.24, 2.45) is 0 Å². The van der Waals surface area contributed by atoms with Crippen molar-refractivity contribution in [3.05, 3.63) is 0 Å². The van der Waals surface area contributed by atoms with Crippen LogP contribution >= 0.6 is 0 Å². The van der Waals surface area contributed by atoms with Crippen molar-refractivity contribution in [3.63, 3.8) is 0 Å². The molecule has 0 amide bonds. The molecule has 0 aromatic rings. The highest BCUT2D eigenvalue weighted by atomic mass is 16.9. The average molecular weight is 240 g/mol. The Morgan fingerprint density at radius 3 is 1.38 bits per heavy atom. The molecule has 16 heavy (non-hydrogen) atoms.